The van der Waals surface area contributed by atoms with Crippen LogP contribution in [0.15, 0.2) is 23.7 Å². The molecule has 0 aliphatic heterocycles. The van der Waals surface area contributed by atoms with Crippen LogP contribution in [0.2, 0.25) is 0 Å². The van der Waals surface area contributed by atoms with Gasteiger partial charge in [-0.3, -0.25) is 4.79 Å². The minimum Gasteiger partial charge on any atom is -0.478 e. The van der Waals surface area contributed by atoms with Gasteiger partial charge in [0.25, 0.3) is 5.91 Å². The lowest BCUT2D eigenvalue weighted by Gasteiger charge is -2.06. The topological polar surface area (TPSA) is 64.1 Å². The Kier molecular flexibility index (Phi) is 4.46. The van der Waals surface area contributed by atoms with E-state index in [1.165, 1.54) is 11.3 Å². The summed E-state index contributed by atoms with van der Waals surface area (Å²) in [6.07, 6.45) is 1.67. The van der Waals surface area contributed by atoms with Crippen molar-refractivity contribution in [1.29, 1.82) is 0 Å². The van der Waals surface area contributed by atoms with Crippen LogP contribution < -0.4 is 10.1 Å². The van der Waals surface area contributed by atoms with E-state index >= 15 is 0 Å². The first-order valence-electron chi connectivity index (χ1n) is 5.97. The third-order valence-corrected chi connectivity index (χ3v) is 3.17. The van der Waals surface area contributed by atoms with Crippen molar-refractivity contribution < 1.29 is 9.53 Å². The summed E-state index contributed by atoms with van der Waals surface area (Å²) in [5.41, 5.74) is 1.40. The average Bonchev–Trinajstić information content (AvgIpc) is 2.84. The second-order valence-electron chi connectivity index (χ2n) is 3.87. The van der Waals surface area contributed by atoms with Gasteiger partial charge < -0.3 is 10.1 Å². The summed E-state index contributed by atoms with van der Waals surface area (Å²) in [6, 6.07) is 3.66. The number of amides is 1. The number of nitrogens with zero attached hydrogens (tertiary/aromatic N) is 2. The lowest BCUT2D eigenvalue weighted by atomic mass is 10.2. The van der Waals surface area contributed by atoms with Crippen molar-refractivity contribution in [1.82, 2.24) is 15.3 Å². The average molecular weight is 277 g/mol. The van der Waals surface area contributed by atoms with Crippen molar-refractivity contribution in [3.63, 3.8) is 0 Å². The zero-order valence-electron chi connectivity index (χ0n) is 10.8. The predicted octanol–water partition coefficient (Wildman–Crippen LogP) is 2.18. The molecule has 5 nitrogen and oxygen atoms in total. The number of carbonyl (C=O) groups excluding carboxylic acids is 1. The van der Waals surface area contributed by atoms with Gasteiger partial charge in [-0.25, -0.2) is 9.97 Å². The molecule has 0 bridgehead atoms. The number of aryl methyl sites for hydroxylation is 1. The van der Waals surface area contributed by atoms with E-state index in [1.807, 2.05) is 26.0 Å². The first-order valence-corrected chi connectivity index (χ1v) is 6.85. The van der Waals surface area contributed by atoms with E-state index < -0.39 is 0 Å². The van der Waals surface area contributed by atoms with Crippen LogP contribution in [0.4, 0.5) is 0 Å². The molecule has 100 valence electrons. The first-order chi connectivity index (χ1) is 9.19. The Morgan fingerprint density at radius 2 is 2.37 bits per heavy atom. The molecule has 0 spiro atoms. The number of pyridine rings is 1. The van der Waals surface area contributed by atoms with Crippen LogP contribution in [-0.4, -0.2) is 22.5 Å². The minimum atomic E-state index is -0.167. The van der Waals surface area contributed by atoms with Crippen molar-refractivity contribution >= 4 is 17.2 Å². The molecule has 0 radical (unpaired) electrons. The molecule has 2 aromatic heterocycles. The fourth-order valence-corrected chi connectivity index (χ4v) is 2.12. The van der Waals surface area contributed by atoms with Crippen molar-refractivity contribution in [2.24, 2.45) is 0 Å². The Labute approximate surface area is 115 Å². The lowest BCUT2D eigenvalue weighted by Crippen LogP contribution is -2.23. The number of aromatic nitrogens is 2. The molecule has 1 N–H and O–H groups in total. The molecule has 0 saturated carbocycles. The van der Waals surface area contributed by atoms with Crippen LogP contribution in [0.25, 0.3) is 0 Å². The van der Waals surface area contributed by atoms with Gasteiger partial charge in [0.15, 0.2) is 0 Å². The maximum Gasteiger partial charge on any atom is 0.271 e. The van der Waals surface area contributed by atoms with Gasteiger partial charge in [-0.15, -0.1) is 11.3 Å². The van der Waals surface area contributed by atoms with Crippen LogP contribution in [0.1, 0.15) is 28.0 Å². The summed E-state index contributed by atoms with van der Waals surface area (Å²) in [5, 5.41) is 5.45. The molecule has 6 heteroatoms. The van der Waals surface area contributed by atoms with Gasteiger partial charge in [0, 0.05) is 24.2 Å². The normalized spacial score (nSPS) is 10.2. The molecule has 2 heterocycles. The third kappa shape index (κ3) is 3.75. The van der Waals surface area contributed by atoms with E-state index in [4.69, 9.17) is 4.74 Å². The van der Waals surface area contributed by atoms with Gasteiger partial charge in [-0.2, -0.15) is 0 Å². The summed E-state index contributed by atoms with van der Waals surface area (Å²) < 4.78 is 5.31. The Morgan fingerprint density at radius 3 is 3.05 bits per heavy atom. The number of nitrogens with one attached hydrogen (secondary N) is 1. The molecule has 19 heavy (non-hydrogen) atoms. The second kappa shape index (κ2) is 6.29. The van der Waals surface area contributed by atoms with Crippen LogP contribution in [0.5, 0.6) is 5.88 Å². The van der Waals surface area contributed by atoms with E-state index in [-0.39, 0.29) is 5.91 Å². The largest absolute Gasteiger partial charge is 0.478 e. The maximum atomic E-state index is 11.8. The van der Waals surface area contributed by atoms with Crippen molar-refractivity contribution in [2.45, 2.75) is 20.4 Å². The van der Waals surface area contributed by atoms with Gasteiger partial charge >= 0.3 is 0 Å². The highest BCUT2D eigenvalue weighted by Gasteiger charge is 2.08. The van der Waals surface area contributed by atoms with Crippen molar-refractivity contribution in [3.05, 3.63) is 40.0 Å². The molecule has 2 rings (SSSR count). The molecule has 0 aliphatic rings. The standard InChI is InChI=1S/C13H15N3O2S/c1-3-18-12-6-10(4-5-14-12)7-15-13(17)11-8-19-9(2)16-11/h4-6,8H,3,7H2,1-2H3,(H,15,17). The Balaban J connectivity index is 1.95. The van der Waals surface area contributed by atoms with E-state index in [0.29, 0.717) is 24.7 Å². The first kappa shape index (κ1) is 13.5. The number of ether oxygens (including phenoxy) is 1. The molecule has 0 aliphatic carbocycles. The van der Waals surface area contributed by atoms with E-state index in [9.17, 15) is 4.79 Å². The molecule has 0 unspecified atom stereocenters. The summed E-state index contributed by atoms with van der Waals surface area (Å²) in [7, 11) is 0. The zero-order chi connectivity index (χ0) is 13.7. The monoisotopic (exact) mass is 277 g/mol. The molecule has 0 fully saturated rings. The van der Waals surface area contributed by atoms with Crippen molar-refractivity contribution in [2.75, 3.05) is 6.61 Å². The minimum absolute atomic E-state index is 0.167. The fourth-order valence-electron chi connectivity index (χ4n) is 1.53. The number of rotatable bonds is 5. The highest BCUT2D eigenvalue weighted by atomic mass is 32.1. The SMILES string of the molecule is CCOc1cc(CNC(=O)c2csc(C)n2)ccn1. The van der Waals surface area contributed by atoms with Gasteiger partial charge in [0.2, 0.25) is 5.88 Å². The predicted molar refractivity (Wildman–Crippen MR) is 73.4 cm³/mol. The molecular weight excluding hydrogens is 262 g/mol. The van der Waals surface area contributed by atoms with E-state index in [1.54, 1.807) is 11.6 Å². The van der Waals surface area contributed by atoms with Crippen molar-refractivity contribution in [3.8, 4) is 5.88 Å². The van der Waals surface area contributed by atoms with E-state index in [2.05, 4.69) is 15.3 Å². The van der Waals surface area contributed by atoms with Gasteiger partial charge in [0.05, 0.1) is 11.6 Å². The number of hydrogen-bond acceptors (Lipinski definition) is 5. The maximum absolute atomic E-state index is 11.8. The Bertz CT molecular complexity index is 569. The molecule has 0 aromatic carbocycles. The van der Waals surface area contributed by atoms with Gasteiger partial charge in [-0.05, 0) is 25.5 Å². The summed E-state index contributed by atoms with van der Waals surface area (Å²) in [4.78, 5) is 20.0. The van der Waals surface area contributed by atoms with Crippen LogP contribution >= 0.6 is 11.3 Å². The molecule has 2 aromatic rings. The quantitative estimate of drug-likeness (QED) is 0.909. The van der Waals surface area contributed by atoms with Crippen LogP contribution in [0, 0.1) is 6.92 Å². The Hall–Kier alpha value is -1.95. The zero-order valence-corrected chi connectivity index (χ0v) is 11.7. The summed E-state index contributed by atoms with van der Waals surface area (Å²) in [6.45, 7) is 4.78. The van der Waals surface area contributed by atoms with Gasteiger partial charge in [0.1, 0.15) is 5.69 Å². The third-order valence-electron chi connectivity index (χ3n) is 2.40. The highest BCUT2D eigenvalue weighted by Crippen LogP contribution is 2.10. The molecular formula is C13H15N3O2S. The highest BCUT2D eigenvalue weighted by molar-refractivity contribution is 7.09. The Morgan fingerprint density at radius 1 is 1.53 bits per heavy atom. The van der Waals surface area contributed by atoms with Crippen LogP contribution in [-0.2, 0) is 6.54 Å². The van der Waals surface area contributed by atoms with E-state index in [0.717, 1.165) is 10.6 Å². The summed E-state index contributed by atoms with van der Waals surface area (Å²) >= 11 is 1.46. The smallest absolute Gasteiger partial charge is 0.271 e. The molecule has 0 saturated heterocycles. The fraction of sp³-hybridized carbons (Fsp3) is 0.308. The molecule has 0 atom stereocenters. The second-order valence-corrected chi connectivity index (χ2v) is 4.93. The van der Waals surface area contributed by atoms with Crippen LogP contribution in [0.3, 0.4) is 0 Å². The number of carbonyl (C=O) groups is 1. The molecule has 1 amide bonds. The number of thiazole rings is 1. The van der Waals surface area contributed by atoms with Gasteiger partial charge in [-0.1, -0.05) is 0 Å². The lowest BCUT2D eigenvalue weighted by molar-refractivity contribution is 0.0946. The number of hydrogen-bond donors (Lipinski definition) is 1. The summed E-state index contributed by atoms with van der Waals surface area (Å²) in [5.74, 6) is 0.401.